The first-order valence-electron chi connectivity index (χ1n) is 13.8. The summed E-state index contributed by atoms with van der Waals surface area (Å²) in [5, 5.41) is 8.69. The van der Waals surface area contributed by atoms with Gasteiger partial charge in [-0.15, -0.1) is 0 Å². The summed E-state index contributed by atoms with van der Waals surface area (Å²) in [6, 6.07) is 12.1. The average molecular weight is 560 g/mol. The molecule has 1 aliphatic rings. The number of rotatable bonds is 13. The minimum absolute atomic E-state index is 0.0207. The topological polar surface area (TPSA) is 127 Å². The molecule has 1 atom stereocenters. The van der Waals surface area contributed by atoms with Crippen molar-refractivity contribution in [1.82, 2.24) is 20.6 Å². The molecule has 2 aromatic heterocycles. The van der Waals surface area contributed by atoms with Gasteiger partial charge in [0, 0.05) is 50.3 Å². The van der Waals surface area contributed by atoms with Gasteiger partial charge in [0.05, 0.1) is 23.0 Å². The summed E-state index contributed by atoms with van der Waals surface area (Å²) in [6.07, 6.45) is 10.3. The maximum Gasteiger partial charge on any atom is 0.319 e. The van der Waals surface area contributed by atoms with Crippen LogP contribution in [0.2, 0.25) is 0 Å². The summed E-state index contributed by atoms with van der Waals surface area (Å²) in [7, 11) is 0. The van der Waals surface area contributed by atoms with Crippen molar-refractivity contribution in [2.75, 3.05) is 25.1 Å². The molecule has 2 heterocycles. The van der Waals surface area contributed by atoms with Crippen LogP contribution >= 0.6 is 0 Å². The Labute approximate surface area is 240 Å². The van der Waals surface area contributed by atoms with E-state index in [9.17, 15) is 9.59 Å². The lowest BCUT2D eigenvalue weighted by Gasteiger charge is -2.18. The lowest BCUT2D eigenvalue weighted by molar-refractivity contribution is -0.138. The largest absolute Gasteiger partial charge is 0.457 e. The number of H-pyrrole nitrogens is 1. The number of hydrogen-bond donors (Lipinski definition) is 4. The lowest BCUT2D eigenvalue weighted by atomic mass is 10.0. The summed E-state index contributed by atoms with van der Waals surface area (Å²) in [6.45, 7) is 7.39. The number of benzene rings is 1. The Bertz CT molecular complexity index is 1360. The summed E-state index contributed by atoms with van der Waals surface area (Å²) < 4.78 is 17.0. The second kappa shape index (κ2) is 14.8. The van der Waals surface area contributed by atoms with Crippen LogP contribution in [0, 0.1) is 0 Å². The second-order valence-electron chi connectivity index (χ2n) is 9.50. The van der Waals surface area contributed by atoms with Crippen molar-refractivity contribution in [2.45, 2.75) is 45.9 Å². The molecule has 10 nitrogen and oxygen atoms in total. The van der Waals surface area contributed by atoms with Gasteiger partial charge in [0.2, 0.25) is 0 Å². The van der Waals surface area contributed by atoms with E-state index in [0.717, 1.165) is 6.42 Å². The van der Waals surface area contributed by atoms with Gasteiger partial charge in [-0.1, -0.05) is 23.8 Å². The number of nitrogens with one attached hydrogen (secondary N) is 4. The third-order valence-electron chi connectivity index (χ3n) is 6.25. The van der Waals surface area contributed by atoms with Crippen LogP contribution < -0.4 is 20.7 Å². The van der Waals surface area contributed by atoms with Gasteiger partial charge in [0.25, 0.3) is 5.91 Å². The molecular weight excluding hydrogens is 522 g/mol. The molecule has 1 aromatic carbocycles. The average Bonchev–Trinajstić information content (AvgIpc) is 3.45. The fourth-order valence-electron chi connectivity index (χ4n) is 4.30. The van der Waals surface area contributed by atoms with Crippen LogP contribution in [-0.2, 0) is 9.47 Å². The predicted octanol–water partition coefficient (Wildman–Crippen LogP) is 5.78. The number of allylic oxidation sites excluding steroid dienone is 2. The zero-order chi connectivity index (χ0) is 29.0. The third-order valence-corrected chi connectivity index (χ3v) is 6.25. The summed E-state index contributed by atoms with van der Waals surface area (Å²) in [4.78, 5) is 32.5. The Kier molecular flexibility index (Phi) is 10.7. The second-order valence-corrected chi connectivity index (χ2v) is 9.50. The van der Waals surface area contributed by atoms with Crippen LogP contribution in [0.15, 0.2) is 78.7 Å². The van der Waals surface area contributed by atoms with Crippen LogP contribution in [0.5, 0.6) is 11.5 Å². The Balaban J connectivity index is 1.29. The molecule has 1 unspecified atom stereocenters. The van der Waals surface area contributed by atoms with Gasteiger partial charge in [-0.25, -0.2) is 4.79 Å². The summed E-state index contributed by atoms with van der Waals surface area (Å²) >= 11 is 0. The number of pyridine rings is 1. The number of carbonyl (C=O) groups is 2. The highest BCUT2D eigenvalue weighted by molar-refractivity contribution is 5.95. The Morgan fingerprint density at radius 3 is 2.59 bits per heavy atom. The standard InChI is InChI=1S/C31H37N5O5/c1-4-39-29(40-5-2)14-16-33-30(37)22-18-27(34-20-22)28-19-26(13-15-32-28)41-25-11-9-23(10-12-25)35-31(38)36-24-8-6-7-21(3)17-24/h6-13,15,18-20,24,29,34H,4-5,14,16-17H2,1-3H3,(H,33,37)(H2,35,36,38). The molecule has 1 aliphatic carbocycles. The van der Waals surface area contributed by atoms with E-state index in [4.69, 9.17) is 14.2 Å². The molecule has 0 spiro atoms. The molecular formula is C31H37N5O5. The van der Waals surface area contributed by atoms with Crippen LogP contribution in [0.1, 0.15) is 44.0 Å². The molecule has 0 saturated heterocycles. The molecule has 0 saturated carbocycles. The van der Waals surface area contributed by atoms with Gasteiger partial charge < -0.3 is 35.1 Å². The lowest BCUT2D eigenvalue weighted by Crippen LogP contribution is -2.37. The number of amides is 3. The SMILES string of the molecule is CCOC(CCNC(=O)c1c[nH]c(-c2cc(Oc3ccc(NC(=O)NC4C=CC=C(C)C4)cc3)ccn2)c1)OCC. The van der Waals surface area contributed by atoms with Gasteiger partial charge in [-0.05, 0) is 63.6 Å². The minimum atomic E-state index is -0.336. The maximum absolute atomic E-state index is 12.6. The van der Waals surface area contributed by atoms with Crippen molar-refractivity contribution < 1.29 is 23.8 Å². The molecule has 0 radical (unpaired) electrons. The predicted molar refractivity (Wildman–Crippen MR) is 158 cm³/mol. The van der Waals surface area contributed by atoms with E-state index in [1.807, 2.05) is 39.0 Å². The van der Waals surface area contributed by atoms with Gasteiger partial charge in [0.1, 0.15) is 11.5 Å². The number of ether oxygens (including phenoxy) is 3. The van der Waals surface area contributed by atoms with Gasteiger partial charge in [-0.3, -0.25) is 9.78 Å². The molecule has 4 N–H and O–H groups in total. The molecule has 0 bridgehead atoms. The van der Waals surface area contributed by atoms with Crippen molar-refractivity contribution >= 4 is 17.6 Å². The highest BCUT2D eigenvalue weighted by Crippen LogP contribution is 2.26. The number of nitrogens with zero attached hydrogens (tertiary/aromatic N) is 1. The quantitative estimate of drug-likeness (QED) is 0.197. The highest BCUT2D eigenvalue weighted by atomic mass is 16.7. The summed E-state index contributed by atoms with van der Waals surface area (Å²) in [5.74, 6) is 0.990. The van der Waals surface area contributed by atoms with Crippen LogP contribution in [0.4, 0.5) is 10.5 Å². The fourth-order valence-corrected chi connectivity index (χ4v) is 4.30. The van der Waals surface area contributed by atoms with Gasteiger partial charge in [-0.2, -0.15) is 0 Å². The van der Waals surface area contributed by atoms with Crippen LogP contribution in [-0.4, -0.2) is 54.0 Å². The van der Waals surface area contributed by atoms with Gasteiger partial charge >= 0.3 is 6.03 Å². The van der Waals surface area contributed by atoms with Crippen molar-refractivity contribution in [1.29, 1.82) is 0 Å². The van der Waals surface area contributed by atoms with Gasteiger partial charge in [0.15, 0.2) is 6.29 Å². The zero-order valence-electron chi connectivity index (χ0n) is 23.6. The fraction of sp³-hybridized carbons (Fsp3) is 0.323. The number of anilines is 1. The zero-order valence-corrected chi connectivity index (χ0v) is 23.6. The molecule has 0 aliphatic heterocycles. The highest BCUT2D eigenvalue weighted by Gasteiger charge is 2.14. The molecule has 4 rings (SSSR count). The first-order valence-corrected chi connectivity index (χ1v) is 13.8. The first kappa shape index (κ1) is 29.6. The normalized spacial score (nSPS) is 14.4. The summed E-state index contributed by atoms with van der Waals surface area (Å²) in [5.41, 5.74) is 3.69. The Morgan fingerprint density at radius 1 is 1.07 bits per heavy atom. The molecule has 3 aromatic rings. The number of aromatic amines is 1. The molecule has 41 heavy (non-hydrogen) atoms. The smallest absolute Gasteiger partial charge is 0.319 e. The van der Waals surface area contributed by atoms with Crippen molar-refractivity contribution in [3.63, 3.8) is 0 Å². The van der Waals surface area contributed by atoms with Crippen molar-refractivity contribution in [3.8, 4) is 22.9 Å². The molecule has 216 valence electrons. The monoisotopic (exact) mass is 559 g/mol. The van der Waals surface area contributed by atoms with E-state index in [1.54, 1.807) is 54.9 Å². The van der Waals surface area contributed by atoms with Crippen LogP contribution in [0.25, 0.3) is 11.4 Å². The number of urea groups is 1. The molecule has 0 fully saturated rings. The van der Waals surface area contributed by atoms with Crippen molar-refractivity contribution in [3.05, 3.63) is 84.2 Å². The molecule has 10 heteroatoms. The number of carbonyl (C=O) groups excluding carboxylic acids is 2. The minimum Gasteiger partial charge on any atom is -0.457 e. The number of aromatic nitrogens is 2. The van der Waals surface area contributed by atoms with Crippen LogP contribution in [0.3, 0.4) is 0 Å². The molecule has 3 amide bonds. The van der Waals surface area contributed by atoms with E-state index in [0.29, 0.717) is 60.3 Å². The van der Waals surface area contributed by atoms with E-state index < -0.39 is 0 Å². The van der Waals surface area contributed by atoms with Crippen molar-refractivity contribution in [2.24, 2.45) is 0 Å². The Hall–Kier alpha value is -4.41. The third kappa shape index (κ3) is 9.06. The van der Waals surface area contributed by atoms with E-state index in [-0.39, 0.29) is 24.3 Å². The Morgan fingerprint density at radius 2 is 1.85 bits per heavy atom. The van der Waals surface area contributed by atoms with E-state index >= 15 is 0 Å². The maximum atomic E-state index is 12.6. The van der Waals surface area contributed by atoms with E-state index in [2.05, 4.69) is 25.9 Å². The van der Waals surface area contributed by atoms with E-state index in [1.165, 1.54) is 5.57 Å². The first-order chi connectivity index (χ1) is 19.9. The number of hydrogen-bond acceptors (Lipinski definition) is 6.